The molecule has 6 nitrogen and oxygen atoms in total. The Morgan fingerprint density at radius 1 is 1.06 bits per heavy atom. The van der Waals surface area contributed by atoms with E-state index in [0.717, 1.165) is 0 Å². The first-order chi connectivity index (χ1) is 7.93. The Morgan fingerprint density at radius 3 is 2.18 bits per heavy atom. The van der Waals surface area contributed by atoms with Crippen molar-refractivity contribution in [2.24, 2.45) is 23.7 Å². The third-order valence-corrected chi connectivity index (χ3v) is 3.37. The van der Waals surface area contributed by atoms with Gasteiger partial charge in [0.15, 0.2) is 5.78 Å². The summed E-state index contributed by atoms with van der Waals surface area (Å²) in [7, 11) is 0. The summed E-state index contributed by atoms with van der Waals surface area (Å²) in [6, 6.07) is 0. The molecule has 3 rings (SSSR count). The molecule has 0 saturated heterocycles. The maximum absolute atomic E-state index is 11.6. The molecule has 90 valence electrons. The Morgan fingerprint density at radius 2 is 1.65 bits per heavy atom. The number of hydrogen-bond donors (Lipinski definition) is 2. The lowest BCUT2D eigenvalue weighted by atomic mass is 9.71. The van der Waals surface area contributed by atoms with Gasteiger partial charge in [-0.25, -0.2) is 0 Å². The van der Waals surface area contributed by atoms with Crippen LogP contribution in [-0.2, 0) is 19.2 Å². The fourth-order valence-electron chi connectivity index (χ4n) is 2.58. The van der Waals surface area contributed by atoms with Gasteiger partial charge in [0.25, 0.3) is 0 Å². The lowest BCUT2D eigenvalue weighted by Crippen LogP contribution is -2.41. The average Bonchev–Trinajstić information content (AvgIpc) is 2.44. The first kappa shape index (κ1) is 11.5. The maximum atomic E-state index is 11.6. The van der Waals surface area contributed by atoms with Crippen LogP contribution in [0.1, 0.15) is 6.42 Å². The largest absolute Gasteiger partial charge is 0.481 e. The van der Waals surface area contributed by atoms with E-state index in [2.05, 4.69) is 0 Å². The molecule has 0 heterocycles. The standard InChI is InChI=1S/C11H10O6/c12-6-3-4-1-2-5(9(6)13)8(11(16)17)7(4)10(14)15/h1-2,4-5,7-8H,3H2,(H,14,15)(H,16,17). The van der Waals surface area contributed by atoms with E-state index in [4.69, 9.17) is 10.2 Å². The Kier molecular flexibility index (Phi) is 2.57. The zero-order valence-corrected chi connectivity index (χ0v) is 8.70. The van der Waals surface area contributed by atoms with Crippen LogP contribution < -0.4 is 0 Å². The smallest absolute Gasteiger partial charge is 0.308 e. The number of carboxylic acids is 2. The summed E-state index contributed by atoms with van der Waals surface area (Å²) >= 11 is 0. The van der Waals surface area contributed by atoms with Crippen molar-refractivity contribution in [1.82, 2.24) is 0 Å². The second-order valence-corrected chi connectivity index (χ2v) is 4.29. The van der Waals surface area contributed by atoms with Crippen LogP contribution >= 0.6 is 0 Å². The fourth-order valence-corrected chi connectivity index (χ4v) is 2.58. The molecule has 1 fully saturated rings. The summed E-state index contributed by atoms with van der Waals surface area (Å²) < 4.78 is 0. The van der Waals surface area contributed by atoms with Gasteiger partial charge in [-0.1, -0.05) is 12.2 Å². The number of carbonyl (C=O) groups is 4. The third-order valence-electron chi connectivity index (χ3n) is 3.37. The van der Waals surface area contributed by atoms with Gasteiger partial charge in [-0.05, 0) is 5.92 Å². The van der Waals surface area contributed by atoms with Crippen LogP contribution in [0.4, 0.5) is 0 Å². The second-order valence-electron chi connectivity index (χ2n) is 4.29. The molecule has 0 aromatic rings. The van der Waals surface area contributed by atoms with E-state index in [1.54, 1.807) is 0 Å². The van der Waals surface area contributed by atoms with Gasteiger partial charge in [0, 0.05) is 6.42 Å². The summed E-state index contributed by atoms with van der Waals surface area (Å²) in [6.07, 6.45) is 2.62. The molecular formula is C11H10O6. The van der Waals surface area contributed by atoms with E-state index in [1.165, 1.54) is 12.2 Å². The van der Waals surface area contributed by atoms with Gasteiger partial charge in [-0.3, -0.25) is 19.2 Å². The minimum absolute atomic E-state index is 0.216. The summed E-state index contributed by atoms with van der Waals surface area (Å²) in [5.41, 5.74) is 0. The van der Waals surface area contributed by atoms with E-state index in [-0.39, 0.29) is 6.42 Å². The van der Waals surface area contributed by atoms with Gasteiger partial charge in [0.1, 0.15) is 0 Å². The molecule has 2 N–H and O–H groups in total. The Hall–Kier alpha value is -1.98. The predicted molar refractivity (Wildman–Crippen MR) is 53.0 cm³/mol. The molecule has 3 aliphatic carbocycles. The normalized spacial score (nSPS) is 35.8. The van der Waals surface area contributed by atoms with Crippen LogP contribution in [-0.4, -0.2) is 33.7 Å². The first-order valence-corrected chi connectivity index (χ1v) is 5.14. The number of aliphatic carboxylic acids is 2. The number of carboxylic acid groups (broad SMARTS) is 2. The number of rotatable bonds is 2. The summed E-state index contributed by atoms with van der Waals surface area (Å²) in [4.78, 5) is 45.3. The lowest BCUT2D eigenvalue weighted by Gasteiger charge is -2.29. The molecule has 0 aliphatic heterocycles. The van der Waals surface area contributed by atoms with Crippen molar-refractivity contribution in [3.05, 3.63) is 12.2 Å². The van der Waals surface area contributed by atoms with Crippen molar-refractivity contribution in [3.63, 3.8) is 0 Å². The number of Topliss-reactive ketones (excluding diaryl/α,β-unsaturated/α-hetero) is 2. The maximum Gasteiger partial charge on any atom is 0.308 e. The zero-order chi connectivity index (χ0) is 12.7. The number of allylic oxidation sites excluding steroid dienone is 2. The molecule has 0 aromatic carbocycles. The zero-order valence-electron chi connectivity index (χ0n) is 8.70. The van der Waals surface area contributed by atoms with E-state index in [1.807, 2.05) is 0 Å². The van der Waals surface area contributed by atoms with Crippen LogP contribution in [0.3, 0.4) is 0 Å². The summed E-state index contributed by atoms with van der Waals surface area (Å²) in [5, 5.41) is 18.1. The van der Waals surface area contributed by atoms with Crippen LogP contribution in [0.2, 0.25) is 0 Å². The molecule has 4 atom stereocenters. The van der Waals surface area contributed by atoms with Crippen molar-refractivity contribution in [2.75, 3.05) is 0 Å². The van der Waals surface area contributed by atoms with Crippen LogP contribution in [0.25, 0.3) is 0 Å². The van der Waals surface area contributed by atoms with Gasteiger partial charge < -0.3 is 10.2 Å². The first-order valence-electron chi connectivity index (χ1n) is 5.14. The molecular weight excluding hydrogens is 228 g/mol. The SMILES string of the molecule is O=C1CC2C=CC(C1=O)C(C(=O)O)C2C(=O)O. The van der Waals surface area contributed by atoms with Crippen molar-refractivity contribution in [2.45, 2.75) is 6.42 Å². The molecule has 3 aliphatic rings. The Bertz CT molecular complexity index is 449. The minimum Gasteiger partial charge on any atom is -0.481 e. The second kappa shape index (κ2) is 3.80. The average molecular weight is 238 g/mol. The lowest BCUT2D eigenvalue weighted by molar-refractivity contribution is -0.158. The van der Waals surface area contributed by atoms with E-state index < -0.39 is 47.2 Å². The monoisotopic (exact) mass is 238 g/mol. The molecule has 0 amide bonds. The predicted octanol–water partition coefficient (Wildman–Crippen LogP) is -0.268. The highest BCUT2D eigenvalue weighted by atomic mass is 16.4. The molecule has 0 spiro atoms. The highest BCUT2D eigenvalue weighted by Crippen LogP contribution is 2.40. The van der Waals surface area contributed by atoms with Gasteiger partial charge >= 0.3 is 11.9 Å². The third kappa shape index (κ3) is 1.65. The van der Waals surface area contributed by atoms with Gasteiger partial charge in [-0.2, -0.15) is 0 Å². The highest BCUT2D eigenvalue weighted by molar-refractivity contribution is 6.39. The van der Waals surface area contributed by atoms with Crippen molar-refractivity contribution < 1.29 is 29.4 Å². The van der Waals surface area contributed by atoms with E-state index in [0.29, 0.717) is 0 Å². The van der Waals surface area contributed by atoms with Crippen molar-refractivity contribution >= 4 is 23.5 Å². The molecule has 6 heteroatoms. The quantitative estimate of drug-likeness (QED) is 0.506. The van der Waals surface area contributed by atoms with Gasteiger partial charge in [-0.15, -0.1) is 0 Å². The summed E-state index contributed by atoms with van der Waals surface area (Å²) in [5.74, 6) is -8.50. The van der Waals surface area contributed by atoms with Crippen molar-refractivity contribution in [1.29, 1.82) is 0 Å². The summed E-state index contributed by atoms with van der Waals surface area (Å²) in [6.45, 7) is 0. The molecule has 0 aromatic heterocycles. The van der Waals surface area contributed by atoms with Crippen molar-refractivity contribution in [3.8, 4) is 0 Å². The van der Waals surface area contributed by atoms with E-state index >= 15 is 0 Å². The van der Waals surface area contributed by atoms with Crippen LogP contribution in [0.15, 0.2) is 12.2 Å². The Labute approximate surface area is 95.9 Å². The topological polar surface area (TPSA) is 109 Å². The molecule has 0 radical (unpaired) electrons. The number of carbonyl (C=O) groups excluding carboxylic acids is 2. The molecule has 17 heavy (non-hydrogen) atoms. The molecule has 2 bridgehead atoms. The number of hydrogen-bond acceptors (Lipinski definition) is 4. The van der Waals surface area contributed by atoms with Gasteiger partial charge in [0.2, 0.25) is 5.78 Å². The van der Waals surface area contributed by atoms with Crippen LogP contribution in [0.5, 0.6) is 0 Å². The number of fused-ring (bicyclic) bond motifs is 3. The Balaban J connectivity index is 2.52. The fraction of sp³-hybridized carbons (Fsp3) is 0.455. The highest BCUT2D eigenvalue weighted by Gasteiger charge is 2.52. The number of ketones is 2. The van der Waals surface area contributed by atoms with Crippen LogP contribution in [0, 0.1) is 23.7 Å². The molecule has 1 saturated carbocycles. The minimum atomic E-state index is -1.35. The molecule has 4 unspecified atom stereocenters. The van der Waals surface area contributed by atoms with E-state index in [9.17, 15) is 19.2 Å². The van der Waals surface area contributed by atoms with Gasteiger partial charge in [0.05, 0.1) is 17.8 Å².